The molecule has 2 amide bonds. The quantitative estimate of drug-likeness (QED) is 0.634. The monoisotopic (exact) mass is 405 g/mol. The van der Waals surface area contributed by atoms with Crippen LogP contribution in [0.1, 0.15) is 16.7 Å². The van der Waals surface area contributed by atoms with E-state index in [1.807, 2.05) is 48.7 Å². The first kappa shape index (κ1) is 20.1. The maximum absolute atomic E-state index is 12.2. The lowest BCUT2D eigenvalue weighted by Crippen LogP contribution is -2.35. The van der Waals surface area contributed by atoms with E-state index < -0.39 is 0 Å². The lowest BCUT2D eigenvalue weighted by molar-refractivity contribution is 0.0342. The molecule has 0 spiro atoms. The first-order valence-corrected chi connectivity index (χ1v) is 10.2. The minimum atomic E-state index is -0.182. The van der Waals surface area contributed by atoms with E-state index >= 15 is 0 Å². The number of hydrogen-bond donors (Lipinski definition) is 2. The van der Waals surface area contributed by atoms with Gasteiger partial charge in [0.25, 0.3) is 0 Å². The fourth-order valence-electron chi connectivity index (χ4n) is 3.51. The van der Waals surface area contributed by atoms with Crippen molar-refractivity contribution < 1.29 is 9.53 Å². The van der Waals surface area contributed by atoms with E-state index in [0.717, 1.165) is 49.7 Å². The Kier molecular flexibility index (Phi) is 6.74. The van der Waals surface area contributed by atoms with Gasteiger partial charge in [-0.3, -0.25) is 4.90 Å². The van der Waals surface area contributed by atoms with Gasteiger partial charge in [0.2, 0.25) is 0 Å². The SMILES string of the molecule is O=C(NCc1cccc(CN2CCOCC2)c1)NCc1cccc(-n2cccn2)c1. The van der Waals surface area contributed by atoms with Crippen molar-refractivity contribution >= 4 is 6.03 Å². The number of urea groups is 1. The number of amides is 2. The number of rotatable bonds is 7. The zero-order chi connectivity index (χ0) is 20.6. The minimum absolute atomic E-state index is 0.182. The van der Waals surface area contributed by atoms with E-state index in [1.54, 1.807) is 10.9 Å². The number of ether oxygens (including phenoxy) is 1. The van der Waals surface area contributed by atoms with Crippen molar-refractivity contribution in [1.29, 1.82) is 0 Å². The van der Waals surface area contributed by atoms with Crippen molar-refractivity contribution in [2.75, 3.05) is 26.3 Å². The van der Waals surface area contributed by atoms with Crippen LogP contribution in [0.15, 0.2) is 67.0 Å². The van der Waals surface area contributed by atoms with Crippen LogP contribution in [0.2, 0.25) is 0 Å². The lowest BCUT2D eigenvalue weighted by atomic mass is 10.1. The van der Waals surface area contributed by atoms with Crippen LogP contribution in [0, 0.1) is 0 Å². The number of hydrogen-bond acceptors (Lipinski definition) is 4. The molecule has 0 bridgehead atoms. The van der Waals surface area contributed by atoms with E-state index in [2.05, 4.69) is 32.8 Å². The summed E-state index contributed by atoms with van der Waals surface area (Å²) in [6.45, 7) is 5.39. The maximum Gasteiger partial charge on any atom is 0.315 e. The molecule has 0 radical (unpaired) electrons. The van der Waals surface area contributed by atoms with E-state index in [-0.39, 0.29) is 6.03 Å². The molecule has 1 saturated heterocycles. The fraction of sp³-hybridized carbons (Fsp3) is 0.304. The molecule has 156 valence electrons. The summed E-state index contributed by atoms with van der Waals surface area (Å²) in [6, 6.07) is 18.0. The smallest absolute Gasteiger partial charge is 0.315 e. The molecule has 1 aliphatic heterocycles. The predicted molar refractivity (Wildman–Crippen MR) is 115 cm³/mol. The molecule has 30 heavy (non-hydrogen) atoms. The number of morpholine rings is 1. The second-order valence-corrected chi connectivity index (χ2v) is 7.37. The van der Waals surface area contributed by atoms with Crippen LogP contribution >= 0.6 is 0 Å². The fourth-order valence-corrected chi connectivity index (χ4v) is 3.51. The number of benzene rings is 2. The Morgan fingerprint density at radius 1 is 0.933 bits per heavy atom. The molecule has 2 heterocycles. The largest absolute Gasteiger partial charge is 0.379 e. The van der Waals surface area contributed by atoms with Crippen molar-refractivity contribution in [2.24, 2.45) is 0 Å². The Bertz CT molecular complexity index is 952. The third-order valence-electron chi connectivity index (χ3n) is 5.09. The number of carbonyl (C=O) groups is 1. The van der Waals surface area contributed by atoms with Crippen molar-refractivity contribution in [1.82, 2.24) is 25.3 Å². The molecule has 0 unspecified atom stereocenters. The molecule has 2 aromatic carbocycles. The Labute approximate surface area is 176 Å². The Hall–Kier alpha value is -3.16. The average molecular weight is 406 g/mol. The molecular formula is C23H27N5O2. The van der Waals surface area contributed by atoms with Gasteiger partial charge in [0, 0.05) is 45.1 Å². The highest BCUT2D eigenvalue weighted by Gasteiger charge is 2.11. The van der Waals surface area contributed by atoms with Crippen molar-refractivity contribution in [3.63, 3.8) is 0 Å². The van der Waals surface area contributed by atoms with Gasteiger partial charge in [0.1, 0.15) is 0 Å². The van der Waals surface area contributed by atoms with E-state index in [1.165, 1.54) is 5.56 Å². The lowest BCUT2D eigenvalue weighted by Gasteiger charge is -2.26. The molecular weight excluding hydrogens is 378 g/mol. The van der Waals surface area contributed by atoms with Crippen LogP contribution in [0.5, 0.6) is 0 Å². The van der Waals surface area contributed by atoms with Crippen molar-refractivity contribution in [3.05, 3.63) is 83.7 Å². The van der Waals surface area contributed by atoms with Crippen LogP contribution in [0.3, 0.4) is 0 Å². The molecule has 0 atom stereocenters. The molecule has 1 fully saturated rings. The molecule has 7 heteroatoms. The molecule has 0 aliphatic carbocycles. The third kappa shape index (κ3) is 5.68. The summed E-state index contributed by atoms with van der Waals surface area (Å²) in [6.07, 6.45) is 3.64. The normalized spacial score (nSPS) is 14.4. The third-order valence-corrected chi connectivity index (χ3v) is 5.09. The zero-order valence-corrected chi connectivity index (χ0v) is 17.0. The summed E-state index contributed by atoms with van der Waals surface area (Å²) in [4.78, 5) is 14.6. The number of carbonyl (C=O) groups excluding carboxylic acids is 1. The van der Waals surface area contributed by atoms with Gasteiger partial charge in [-0.05, 0) is 34.9 Å². The first-order valence-electron chi connectivity index (χ1n) is 10.2. The van der Waals surface area contributed by atoms with Crippen LogP contribution < -0.4 is 10.6 Å². The Morgan fingerprint density at radius 2 is 1.63 bits per heavy atom. The second-order valence-electron chi connectivity index (χ2n) is 7.37. The topological polar surface area (TPSA) is 71.4 Å². The van der Waals surface area contributed by atoms with Gasteiger partial charge in [0.15, 0.2) is 0 Å². The highest BCUT2D eigenvalue weighted by molar-refractivity contribution is 5.73. The molecule has 1 aliphatic rings. The summed E-state index contributed by atoms with van der Waals surface area (Å²) < 4.78 is 7.20. The second kappa shape index (κ2) is 10.0. The average Bonchev–Trinajstić information content (AvgIpc) is 3.33. The summed E-state index contributed by atoms with van der Waals surface area (Å²) in [5.41, 5.74) is 4.34. The van der Waals surface area contributed by atoms with Crippen molar-refractivity contribution in [2.45, 2.75) is 19.6 Å². The minimum Gasteiger partial charge on any atom is -0.379 e. The van der Waals surface area contributed by atoms with Crippen LogP contribution in [-0.4, -0.2) is 47.0 Å². The number of aromatic nitrogens is 2. The molecule has 0 saturated carbocycles. The first-order chi connectivity index (χ1) is 14.8. The van der Waals surface area contributed by atoms with Gasteiger partial charge in [-0.2, -0.15) is 5.10 Å². The molecule has 2 N–H and O–H groups in total. The molecule has 3 aromatic rings. The summed E-state index contributed by atoms with van der Waals surface area (Å²) in [7, 11) is 0. The molecule has 1 aromatic heterocycles. The maximum atomic E-state index is 12.2. The van der Waals surface area contributed by atoms with Gasteiger partial charge in [-0.15, -0.1) is 0 Å². The Balaban J connectivity index is 1.25. The van der Waals surface area contributed by atoms with Crippen LogP contribution in [0.25, 0.3) is 5.69 Å². The van der Waals surface area contributed by atoms with E-state index in [0.29, 0.717) is 13.1 Å². The highest BCUT2D eigenvalue weighted by atomic mass is 16.5. The number of nitrogens with zero attached hydrogens (tertiary/aromatic N) is 3. The summed E-state index contributed by atoms with van der Waals surface area (Å²) in [5, 5.41) is 10.1. The van der Waals surface area contributed by atoms with Gasteiger partial charge >= 0.3 is 6.03 Å². The highest BCUT2D eigenvalue weighted by Crippen LogP contribution is 2.11. The van der Waals surface area contributed by atoms with Gasteiger partial charge in [-0.25, -0.2) is 9.48 Å². The van der Waals surface area contributed by atoms with Gasteiger partial charge in [-0.1, -0.05) is 36.4 Å². The van der Waals surface area contributed by atoms with Gasteiger partial charge < -0.3 is 15.4 Å². The standard InChI is InChI=1S/C23H27N5O2/c29-23(25-17-20-5-2-7-22(15-20)28-9-3-8-26-28)24-16-19-4-1-6-21(14-19)18-27-10-12-30-13-11-27/h1-9,14-15H,10-13,16-18H2,(H2,24,25,29). The van der Waals surface area contributed by atoms with Gasteiger partial charge in [0.05, 0.1) is 18.9 Å². The molecule has 4 rings (SSSR count). The van der Waals surface area contributed by atoms with Crippen LogP contribution in [-0.2, 0) is 24.4 Å². The molecule has 7 nitrogen and oxygen atoms in total. The zero-order valence-electron chi connectivity index (χ0n) is 17.0. The summed E-state index contributed by atoms with van der Waals surface area (Å²) >= 11 is 0. The van der Waals surface area contributed by atoms with E-state index in [4.69, 9.17) is 4.74 Å². The number of nitrogens with one attached hydrogen (secondary N) is 2. The summed E-state index contributed by atoms with van der Waals surface area (Å²) in [5.74, 6) is 0. The Morgan fingerprint density at radius 3 is 2.37 bits per heavy atom. The predicted octanol–water partition coefficient (Wildman–Crippen LogP) is 2.70. The van der Waals surface area contributed by atoms with Crippen molar-refractivity contribution in [3.8, 4) is 5.69 Å². The van der Waals surface area contributed by atoms with E-state index in [9.17, 15) is 4.79 Å². The van der Waals surface area contributed by atoms with Crippen LogP contribution in [0.4, 0.5) is 4.79 Å².